The van der Waals surface area contributed by atoms with Crippen LogP contribution >= 0.6 is 11.8 Å². The van der Waals surface area contributed by atoms with Crippen molar-refractivity contribution >= 4 is 28.7 Å². The van der Waals surface area contributed by atoms with Crippen molar-refractivity contribution in [3.8, 4) is 0 Å². The van der Waals surface area contributed by atoms with Crippen LogP contribution in [0, 0.1) is 17.6 Å². The lowest BCUT2D eigenvalue weighted by molar-refractivity contribution is -0.131. The van der Waals surface area contributed by atoms with Gasteiger partial charge in [0.1, 0.15) is 0 Å². The maximum Gasteiger partial charge on any atom is 0.223 e. The topological polar surface area (TPSA) is 66.5 Å². The molecule has 2 atom stereocenters. The average Bonchev–Trinajstić information content (AvgIpc) is 3.59. The summed E-state index contributed by atoms with van der Waals surface area (Å²) in [6.07, 6.45) is 3.49. The highest BCUT2D eigenvalue weighted by Crippen LogP contribution is 2.35. The van der Waals surface area contributed by atoms with Crippen LogP contribution in [0.4, 0.5) is 8.78 Å². The van der Waals surface area contributed by atoms with Gasteiger partial charge in [-0.15, -0.1) is 0 Å². The standard InChI is InChI=1S/C26H28F2N2O3S/c27-21-8-4-7-19(25(21)28)15-30-20(11-12-24(30)32)14-23(31)29-22(13-17-9-10-17)26(33)34-16-18-5-2-1-3-6-18/h1-8,17,20,22H,9-16H2,(H,29,31)/t20-,22-/m0/s1. The number of halogens is 2. The van der Waals surface area contributed by atoms with Crippen LogP contribution in [0.25, 0.3) is 0 Å². The molecule has 2 fully saturated rings. The Kier molecular flexibility index (Phi) is 7.98. The van der Waals surface area contributed by atoms with Crippen molar-refractivity contribution in [2.75, 3.05) is 0 Å². The molecule has 0 bridgehead atoms. The van der Waals surface area contributed by atoms with E-state index < -0.39 is 23.7 Å². The molecular weight excluding hydrogens is 458 g/mol. The van der Waals surface area contributed by atoms with Crippen LogP contribution in [0.1, 0.15) is 49.7 Å². The van der Waals surface area contributed by atoms with E-state index >= 15 is 0 Å². The van der Waals surface area contributed by atoms with E-state index in [2.05, 4.69) is 5.32 Å². The van der Waals surface area contributed by atoms with Crippen LogP contribution in [0.3, 0.4) is 0 Å². The van der Waals surface area contributed by atoms with Gasteiger partial charge in [0.05, 0.1) is 6.04 Å². The van der Waals surface area contributed by atoms with Gasteiger partial charge in [-0.3, -0.25) is 14.4 Å². The SMILES string of the molecule is O=C(C[C@@H]1CCC(=O)N1Cc1cccc(F)c1F)N[C@@H](CC1CC1)C(=O)SCc1ccccc1. The van der Waals surface area contributed by atoms with Crippen LogP contribution in [-0.2, 0) is 26.7 Å². The summed E-state index contributed by atoms with van der Waals surface area (Å²) in [6.45, 7) is -0.0856. The summed E-state index contributed by atoms with van der Waals surface area (Å²) >= 11 is 1.20. The van der Waals surface area contributed by atoms with Gasteiger partial charge in [-0.25, -0.2) is 8.78 Å². The summed E-state index contributed by atoms with van der Waals surface area (Å²) in [7, 11) is 0. The van der Waals surface area contributed by atoms with Crippen LogP contribution in [-0.4, -0.2) is 33.9 Å². The van der Waals surface area contributed by atoms with Crippen LogP contribution in [0.2, 0.25) is 0 Å². The van der Waals surface area contributed by atoms with E-state index in [-0.39, 0.29) is 41.9 Å². The van der Waals surface area contributed by atoms with Gasteiger partial charge in [-0.2, -0.15) is 0 Å². The molecule has 5 nitrogen and oxygen atoms in total. The van der Waals surface area contributed by atoms with Gasteiger partial charge in [0.2, 0.25) is 16.9 Å². The van der Waals surface area contributed by atoms with Crippen LogP contribution in [0.5, 0.6) is 0 Å². The number of rotatable bonds is 10. The predicted octanol–water partition coefficient (Wildman–Crippen LogP) is 4.59. The van der Waals surface area contributed by atoms with E-state index in [0.29, 0.717) is 24.5 Å². The molecule has 1 saturated heterocycles. The second kappa shape index (κ2) is 11.1. The van der Waals surface area contributed by atoms with Gasteiger partial charge in [0.15, 0.2) is 11.6 Å². The molecule has 1 saturated carbocycles. The summed E-state index contributed by atoms with van der Waals surface area (Å²) in [4.78, 5) is 39.6. The highest BCUT2D eigenvalue weighted by molar-refractivity contribution is 8.13. The Morgan fingerprint density at radius 2 is 1.82 bits per heavy atom. The Morgan fingerprint density at radius 1 is 1.06 bits per heavy atom. The molecule has 2 amide bonds. The Balaban J connectivity index is 1.35. The normalized spacial score (nSPS) is 18.7. The Labute approximate surface area is 202 Å². The quantitative estimate of drug-likeness (QED) is 0.534. The second-order valence-electron chi connectivity index (χ2n) is 9.02. The average molecular weight is 487 g/mol. The fraction of sp³-hybridized carbons (Fsp3) is 0.423. The fourth-order valence-electron chi connectivity index (χ4n) is 4.27. The highest BCUT2D eigenvalue weighted by Gasteiger charge is 2.35. The molecule has 0 spiro atoms. The van der Waals surface area contributed by atoms with Crippen molar-refractivity contribution in [2.45, 2.75) is 62.9 Å². The first-order chi connectivity index (χ1) is 16.4. The molecule has 1 aliphatic carbocycles. The van der Waals surface area contributed by atoms with Crippen molar-refractivity contribution < 1.29 is 23.2 Å². The maximum atomic E-state index is 14.1. The zero-order valence-corrected chi connectivity index (χ0v) is 19.7. The smallest absolute Gasteiger partial charge is 0.223 e. The first-order valence-electron chi connectivity index (χ1n) is 11.6. The summed E-state index contributed by atoms with van der Waals surface area (Å²) in [5.74, 6) is -1.44. The number of likely N-dealkylation sites (tertiary alicyclic amines) is 1. The third kappa shape index (κ3) is 6.44. The lowest BCUT2D eigenvalue weighted by atomic mass is 10.1. The Hall–Kier alpha value is -2.74. The Bertz CT molecular complexity index is 1050. The highest BCUT2D eigenvalue weighted by atomic mass is 32.2. The fourth-order valence-corrected chi connectivity index (χ4v) is 5.13. The van der Waals surface area contributed by atoms with Gasteiger partial charge >= 0.3 is 0 Å². The number of nitrogens with one attached hydrogen (secondary N) is 1. The third-order valence-corrected chi connectivity index (χ3v) is 7.40. The summed E-state index contributed by atoms with van der Waals surface area (Å²) in [5.41, 5.74) is 1.13. The number of carbonyl (C=O) groups excluding carboxylic acids is 3. The number of thioether (sulfide) groups is 1. The largest absolute Gasteiger partial charge is 0.345 e. The van der Waals surface area contributed by atoms with E-state index in [1.54, 1.807) is 0 Å². The first kappa shape index (κ1) is 24.4. The molecule has 2 aromatic carbocycles. The number of amides is 2. The molecule has 1 heterocycles. The molecule has 1 N–H and O–H groups in total. The van der Waals surface area contributed by atoms with E-state index in [1.807, 2.05) is 30.3 Å². The van der Waals surface area contributed by atoms with Gasteiger partial charge in [-0.05, 0) is 30.4 Å². The molecule has 1 aliphatic heterocycles. The van der Waals surface area contributed by atoms with E-state index in [4.69, 9.17) is 0 Å². The molecule has 8 heteroatoms. The minimum absolute atomic E-state index is 0.0282. The summed E-state index contributed by atoms with van der Waals surface area (Å²) in [6, 6.07) is 12.6. The molecule has 180 valence electrons. The first-order valence-corrected chi connectivity index (χ1v) is 12.6. The number of carbonyl (C=O) groups is 3. The van der Waals surface area contributed by atoms with E-state index in [9.17, 15) is 23.2 Å². The molecule has 0 aromatic heterocycles. The predicted molar refractivity (Wildman–Crippen MR) is 127 cm³/mol. The van der Waals surface area contributed by atoms with Crippen molar-refractivity contribution in [1.82, 2.24) is 10.2 Å². The molecule has 0 radical (unpaired) electrons. The molecule has 4 rings (SSSR count). The van der Waals surface area contributed by atoms with Gasteiger partial charge in [-0.1, -0.05) is 67.1 Å². The van der Waals surface area contributed by atoms with Crippen molar-refractivity contribution in [1.29, 1.82) is 0 Å². The number of benzene rings is 2. The minimum Gasteiger partial charge on any atom is -0.345 e. The second-order valence-corrected chi connectivity index (χ2v) is 10.0. The van der Waals surface area contributed by atoms with Gasteiger partial charge < -0.3 is 10.2 Å². The lowest BCUT2D eigenvalue weighted by Crippen LogP contribution is -2.43. The van der Waals surface area contributed by atoms with Crippen LogP contribution in [0.15, 0.2) is 48.5 Å². The van der Waals surface area contributed by atoms with E-state index in [1.165, 1.54) is 28.8 Å². The maximum absolute atomic E-state index is 14.1. The van der Waals surface area contributed by atoms with Gasteiger partial charge in [0, 0.05) is 36.7 Å². The molecule has 34 heavy (non-hydrogen) atoms. The zero-order chi connectivity index (χ0) is 24.1. The molecule has 0 unspecified atom stereocenters. The summed E-state index contributed by atoms with van der Waals surface area (Å²) in [5, 5.41) is 2.83. The molecular formula is C26H28F2N2O3S. The Morgan fingerprint density at radius 3 is 2.56 bits per heavy atom. The van der Waals surface area contributed by atoms with Crippen molar-refractivity contribution in [3.63, 3.8) is 0 Å². The monoisotopic (exact) mass is 486 g/mol. The van der Waals surface area contributed by atoms with Crippen LogP contribution < -0.4 is 5.32 Å². The number of nitrogens with zero attached hydrogens (tertiary/aromatic N) is 1. The third-order valence-electron chi connectivity index (χ3n) is 6.36. The lowest BCUT2D eigenvalue weighted by Gasteiger charge is -2.26. The number of hydrogen-bond donors (Lipinski definition) is 1. The zero-order valence-electron chi connectivity index (χ0n) is 18.8. The molecule has 2 aromatic rings. The van der Waals surface area contributed by atoms with Gasteiger partial charge in [0.25, 0.3) is 0 Å². The molecule has 2 aliphatic rings. The number of hydrogen-bond acceptors (Lipinski definition) is 4. The van der Waals surface area contributed by atoms with Crippen molar-refractivity contribution in [3.05, 3.63) is 71.3 Å². The summed E-state index contributed by atoms with van der Waals surface area (Å²) < 4.78 is 27.7. The van der Waals surface area contributed by atoms with E-state index in [0.717, 1.165) is 24.5 Å². The van der Waals surface area contributed by atoms with Crippen molar-refractivity contribution in [2.24, 2.45) is 5.92 Å². The minimum atomic E-state index is -0.976.